The molecule has 0 bridgehead atoms. The molecule has 0 aliphatic carbocycles. The van der Waals surface area contributed by atoms with Gasteiger partial charge in [0.05, 0.1) is 0 Å². The van der Waals surface area contributed by atoms with E-state index in [1.807, 2.05) is 24.9 Å². The number of likely N-dealkylation sites (tertiary alicyclic amines) is 2. The van der Waals surface area contributed by atoms with Crippen molar-refractivity contribution in [3.63, 3.8) is 0 Å². The van der Waals surface area contributed by atoms with Crippen LogP contribution in [0.25, 0.3) is 0 Å². The highest BCUT2D eigenvalue weighted by molar-refractivity contribution is 5.92. The number of nitrogens with zero attached hydrogens (tertiary/aromatic N) is 4. The summed E-state index contributed by atoms with van der Waals surface area (Å²) >= 11 is 0. The summed E-state index contributed by atoms with van der Waals surface area (Å²) in [5.74, 6) is 0.0892. The minimum Gasteiger partial charge on any atom is -0.337 e. The van der Waals surface area contributed by atoms with Crippen LogP contribution in [0.1, 0.15) is 46.6 Å². The first kappa shape index (κ1) is 18.2. The second kappa shape index (κ2) is 7.12. The van der Waals surface area contributed by atoms with Crippen LogP contribution in [-0.2, 0) is 13.6 Å². The Morgan fingerprint density at radius 2 is 2.00 bits per heavy atom. The number of hydrogen-bond donors (Lipinski definition) is 0. The Balaban J connectivity index is 1.42. The van der Waals surface area contributed by atoms with E-state index in [0.29, 0.717) is 5.69 Å². The van der Waals surface area contributed by atoms with Gasteiger partial charge in [0.1, 0.15) is 0 Å². The minimum atomic E-state index is 0.0892. The first-order valence-electron chi connectivity index (χ1n) is 10.0. The Hall–Kier alpha value is -2.14. The summed E-state index contributed by atoms with van der Waals surface area (Å²) in [7, 11) is 1.89. The smallest absolute Gasteiger partial charge is 0.274 e. The number of amides is 1. The molecule has 2 saturated heterocycles. The molecule has 0 N–H and O–H groups in total. The summed E-state index contributed by atoms with van der Waals surface area (Å²) in [5.41, 5.74) is 4.57. The van der Waals surface area contributed by atoms with E-state index >= 15 is 0 Å². The molecule has 4 rings (SSSR count). The molecule has 2 aliphatic heterocycles. The van der Waals surface area contributed by atoms with Crippen molar-refractivity contribution in [3.05, 3.63) is 52.8 Å². The monoisotopic (exact) mass is 366 g/mol. The topological polar surface area (TPSA) is 41.4 Å². The van der Waals surface area contributed by atoms with Crippen LogP contribution in [0.3, 0.4) is 0 Å². The third-order valence-electron chi connectivity index (χ3n) is 6.29. The van der Waals surface area contributed by atoms with Crippen LogP contribution in [0.5, 0.6) is 0 Å². The highest BCUT2D eigenvalue weighted by Crippen LogP contribution is 2.39. The first-order valence-corrected chi connectivity index (χ1v) is 10.0. The van der Waals surface area contributed by atoms with Crippen molar-refractivity contribution in [2.45, 2.75) is 39.7 Å². The SMILES string of the molecule is Cc1cccc(CN2CCC[C@@]3(CCN(C(=O)c4cc(C)n(C)n4)C3)C2)c1. The fourth-order valence-electron chi connectivity index (χ4n) is 4.78. The summed E-state index contributed by atoms with van der Waals surface area (Å²) in [6.07, 6.45) is 3.55. The fraction of sp³-hybridized carbons (Fsp3) is 0.545. The van der Waals surface area contributed by atoms with E-state index in [0.717, 1.165) is 44.8 Å². The fourth-order valence-corrected chi connectivity index (χ4v) is 4.78. The maximum Gasteiger partial charge on any atom is 0.274 e. The molecule has 0 saturated carbocycles. The van der Waals surface area contributed by atoms with Crippen LogP contribution in [0.4, 0.5) is 0 Å². The van der Waals surface area contributed by atoms with E-state index in [2.05, 4.69) is 41.2 Å². The zero-order chi connectivity index (χ0) is 19.0. The van der Waals surface area contributed by atoms with E-state index in [1.54, 1.807) is 4.68 Å². The van der Waals surface area contributed by atoms with Crippen molar-refractivity contribution in [1.29, 1.82) is 0 Å². The lowest BCUT2D eigenvalue weighted by Crippen LogP contribution is -2.45. The first-order chi connectivity index (χ1) is 12.9. The molecular formula is C22H30N4O. The molecule has 2 aliphatic rings. The number of carbonyl (C=O) groups is 1. The molecule has 1 aromatic heterocycles. The maximum atomic E-state index is 12.9. The van der Waals surface area contributed by atoms with Gasteiger partial charge in [0.2, 0.25) is 0 Å². The van der Waals surface area contributed by atoms with E-state index in [9.17, 15) is 4.79 Å². The largest absolute Gasteiger partial charge is 0.337 e. The molecule has 0 unspecified atom stereocenters. The van der Waals surface area contributed by atoms with Gasteiger partial charge < -0.3 is 4.90 Å². The summed E-state index contributed by atoms with van der Waals surface area (Å²) in [6.45, 7) is 9.12. The Kier molecular flexibility index (Phi) is 4.81. The van der Waals surface area contributed by atoms with Crippen molar-refractivity contribution < 1.29 is 4.79 Å². The van der Waals surface area contributed by atoms with Gasteiger partial charge in [-0.2, -0.15) is 5.10 Å². The molecule has 27 heavy (non-hydrogen) atoms. The molecule has 2 fully saturated rings. The number of aromatic nitrogens is 2. The lowest BCUT2D eigenvalue weighted by atomic mass is 9.79. The summed E-state index contributed by atoms with van der Waals surface area (Å²) < 4.78 is 1.78. The van der Waals surface area contributed by atoms with Crippen LogP contribution in [0.2, 0.25) is 0 Å². The Morgan fingerprint density at radius 1 is 1.15 bits per heavy atom. The quantitative estimate of drug-likeness (QED) is 0.838. The van der Waals surface area contributed by atoms with Gasteiger partial charge in [0, 0.05) is 44.3 Å². The number of benzene rings is 1. The Morgan fingerprint density at radius 3 is 2.74 bits per heavy atom. The molecule has 1 atom stereocenters. The molecule has 1 aromatic carbocycles. The third-order valence-corrected chi connectivity index (χ3v) is 6.29. The van der Waals surface area contributed by atoms with E-state index in [4.69, 9.17) is 0 Å². The maximum absolute atomic E-state index is 12.9. The average molecular weight is 367 g/mol. The number of carbonyl (C=O) groups excluding carboxylic acids is 1. The molecule has 5 nitrogen and oxygen atoms in total. The lowest BCUT2D eigenvalue weighted by Gasteiger charge is -2.40. The van der Waals surface area contributed by atoms with Crippen LogP contribution in [-0.4, -0.2) is 51.7 Å². The van der Waals surface area contributed by atoms with Crippen molar-refractivity contribution in [2.75, 3.05) is 26.2 Å². The number of aryl methyl sites for hydroxylation is 3. The van der Waals surface area contributed by atoms with Crippen molar-refractivity contribution in [2.24, 2.45) is 12.5 Å². The second-order valence-electron chi connectivity index (χ2n) is 8.57. The molecule has 0 radical (unpaired) electrons. The minimum absolute atomic E-state index is 0.0892. The van der Waals surface area contributed by atoms with Gasteiger partial charge >= 0.3 is 0 Å². The van der Waals surface area contributed by atoms with E-state index in [1.165, 1.54) is 24.0 Å². The molecule has 1 amide bonds. The standard InChI is InChI=1S/C22H30N4O/c1-17-6-4-7-19(12-17)14-25-10-5-8-22(15-25)9-11-26(16-22)21(27)20-13-18(2)24(3)23-20/h4,6-7,12-13H,5,8-11,14-16H2,1-3H3/t22-/m1/s1. The summed E-state index contributed by atoms with van der Waals surface area (Å²) in [5, 5.41) is 4.38. The zero-order valence-corrected chi connectivity index (χ0v) is 16.7. The highest BCUT2D eigenvalue weighted by atomic mass is 16.2. The third kappa shape index (κ3) is 3.79. The van der Waals surface area contributed by atoms with Crippen molar-refractivity contribution in [3.8, 4) is 0 Å². The van der Waals surface area contributed by atoms with Crippen molar-refractivity contribution in [1.82, 2.24) is 19.6 Å². The van der Waals surface area contributed by atoms with E-state index in [-0.39, 0.29) is 11.3 Å². The van der Waals surface area contributed by atoms with Crippen LogP contribution < -0.4 is 0 Å². The molecule has 2 aromatic rings. The molecule has 144 valence electrons. The molecular weight excluding hydrogens is 336 g/mol. The number of hydrogen-bond acceptors (Lipinski definition) is 3. The number of piperidine rings is 1. The normalized spacial score (nSPS) is 23.3. The van der Waals surface area contributed by atoms with Crippen LogP contribution in [0.15, 0.2) is 30.3 Å². The van der Waals surface area contributed by atoms with Gasteiger partial charge in [-0.3, -0.25) is 14.4 Å². The van der Waals surface area contributed by atoms with Crippen molar-refractivity contribution >= 4 is 5.91 Å². The predicted molar refractivity (Wildman–Crippen MR) is 107 cm³/mol. The zero-order valence-electron chi connectivity index (χ0n) is 16.7. The van der Waals surface area contributed by atoms with Gasteiger partial charge in [0.25, 0.3) is 5.91 Å². The molecule has 1 spiro atoms. The Bertz CT molecular complexity index is 823. The molecule has 5 heteroatoms. The molecule has 3 heterocycles. The van der Waals surface area contributed by atoms with E-state index < -0.39 is 0 Å². The van der Waals surface area contributed by atoms with Gasteiger partial charge in [-0.25, -0.2) is 0 Å². The van der Waals surface area contributed by atoms with Crippen LogP contribution >= 0.6 is 0 Å². The van der Waals surface area contributed by atoms with Gasteiger partial charge in [-0.15, -0.1) is 0 Å². The van der Waals surface area contributed by atoms with Gasteiger partial charge in [-0.05, 0) is 51.3 Å². The number of rotatable bonds is 3. The van der Waals surface area contributed by atoms with Crippen LogP contribution in [0, 0.1) is 19.3 Å². The predicted octanol–water partition coefficient (Wildman–Crippen LogP) is 3.17. The highest BCUT2D eigenvalue weighted by Gasteiger charge is 2.43. The average Bonchev–Trinajstić information content (AvgIpc) is 3.18. The second-order valence-corrected chi connectivity index (χ2v) is 8.57. The van der Waals surface area contributed by atoms with Gasteiger partial charge in [-0.1, -0.05) is 29.8 Å². The van der Waals surface area contributed by atoms with Gasteiger partial charge in [0.15, 0.2) is 5.69 Å². The lowest BCUT2D eigenvalue weighted by molar-refractivity contribution is 0.0670. The summed E-state index contributed by atoms with van der Waals surface area (Å²) in [4.78, 5) is 17.5. The Labute approximate surface area is 162 Å². The summed E-state index contributed by atoms with van der Waals surface area (Å²) in [6, 6.07) is 10.7.